The van der Waals surface area contributed by atoms with E-state index >= 15 is 0 Å². The van der Waals surface area contributed by atoms with Crippen molar-refractivity contribution in [1.82, 2.24) is 15.1 Å². The Balaban J connectivity index is 1.73. The van der Waals surface area contributed by atoms with Crippen molar-refractivity contribution in [2.24, 2.45) is 5.92 Å². The van der Waals surface area contributed by atoms with Crippen LogP contribution in [0.2, 0.25) is 0 Å². The lowest BCUT2D eigenvalue weighted by Crippen LogP contribution is -2.36. The second-order valence-electron chi connectivity index (χ2n) is 6.15. The first-order valence-corrected chi connectivity index (χ1v) is 8.98. The lowest BCUT2D eigenvalue weighted by atomic mass is 9.96. The Morgan fingerprint density at radius 1 is 1.31 bits per heavy atom. The van der Waals surface area contributed by atoms with E-state index in [0.29, 0.717) is 4.88 Å². The third-order valence-corrected chi connectivity index (χ3v) is 4.70. The van der Waals surface area contributed by atoms with E-state index in [2.05, 4.69) is 10.4 Å². The number of nitrogens with zero attached hydrogens (tertiary/aromatic N) is 2. The van der Waals surface area contributed by atoms with Crippen LogP contribution in [0.4, 0.5) is 4.39 Å². The molecule has 1 unspecified atom stereocenters. The van der Waals surface area contributed by atoms with E-state index < -0.39 is 5.76 Å². The summed E-state index contributed by atoms with van der Waals surface area (Å²) in [6.45, 7) is 3.65. The van der Waals surface area contributed by atoms with Gasteiger partial charge < -0.3 is 9.73 Å². The molecule has 0 fully saturated rings. The summed E-state index contributed by atoms with van der Waals surface area (Å²) in [6.07, 6.45) is 0. The summed E-state index contributed by atoms with van der Waals surface area (Å²) in [7, 11) is 0. The van der Waals surface area contributed by atoms with Gasteiger partial charge in [-0.15, -0.1) is 16.4 Å². The molecule has 26 heavy (non-hydrogen) atoms. The minimum absolute atomic E-state index is 0.0834. The number of nitrogens with one attached hydrogen (secondary N) is 1. The Hall–Kier alpha value is -2.74. The number of thiophene rings is 1. The predicted molar refractivity (Wildman–Crippen MR) is 96.2 cm³/mol. The van der Waals surface area contributed by atoms with Gasteiger partial charge in [0.15, 0.2) is 0 Å². The molecule has 0 aliphatic heterocycles. The van der Waals surface area contributed by atoms with Crippen molar-refractivity contribution in [3.05, 3.63) is 63.7 Å². The molecular formula is C18H18FN3O3S. The van der Waals surface area contributed by atoms with Crippen molar-refractivity contribution in [3.63, 3.8) is 0 Å². The minimum Gasteiger partial charge on any atom is -0.387 e. The molecule has 0 aliphatic rings. The number of amides is 1. The molecule has 8 heteroatoms. The summed E-state index contributed by atoms with van der Waals surface area (Å²) in [5.41, 5.74) is 0.793. The molecule has 1 N–H and O–H groups in total. The molecule has 3 aromatic rings. The second kappa shape index (κ2) is 7.65. The zero-order valence-corrected chi connectivity index (χ0v) is 15.1. The predicted octanol–water partition coefficient (Wildman–Crippen LogP) is 3.22. The van der Waals surface area contributed by atoms with Crippen LogP contribution in [0.25, 0.3) is 10.8 Å². The van der Waals surface area contributed by atoms with Gasteiger partial charge in [-0.05, 0) is 35.1 Å². The second-order valence-corrected chi connectivity index (χ2v) is 7.10. The average Bonchev–Trinajstić information content (AvgIpc) is 3.24. The van der Waals surface area contributed by atoms with Crippen molar-refractivity contribution in [1.29, 1.82) is 0 Å². The normalized spacial score (nSPS) is 12.3. The van der Waals surface area contributed by atoms with Crippen LogP contribution in [0.15, 0.2) is 51.0 Å². The highest BCUT2D eigenvalue weighted by Crippen LogP contribution is 2.22. The summed E-state index contributed by atoms with van der Waals surface area (Å²) in [5, 5.41) is 8.78. The highest BCUT2D eigenvalue weighted by atomic mass is 32.1. The third kappa shape index (κ3) is 4.08. The molecule has 0 spiro atoms. The van der Waals surface area contributed by atoms with Crippen molar-refractivity contribution < 1.29 is 13.6 Å². The smallest absolute Gasteiger partial charge is 0.387 e. The largest absolute Gasteiger partial charge is 0.437 e. The van der Waals surface area contributed by atoms with Gasteiger partial charge in [-0.1, -0.05) is 32.0 Å². The number of rotatable bonds is 6. The number of halogens is 1. The summed E-state index contributed by atoms with van der Waals surface area (Å²) >= 11 is 1.39. The monoisotopic (exact) mass is 375 g/mol. The van der Waals surface area contributed by atoms with Crippen LogP contribution in [0, 0.1) is 11.7 Å². The van der Waals surface area contributed by atoms with Crippen molar-refractivity contribution >= 4 is 17.2 Å². The van der Waals surface area contributed by atoms with Crippen LogP contribution in [0.3, 0.4) is 0 Å². The molecule has 0 radical (unpaired) electrons. The third-order valence-electron chi connectivity index (χ3n) is 3.84. The number of aromatic nitrogens is 2. The number of benzene rings is 1. The zero-order valence-electron chi connectivity index (χ0n) is 14.3. The van der Waals surface area contributed by atoms with Crippen LogP contribution in [-0.4, -0.2) is 15.7 Å². The average molecular weight is 375 g/mol. The number of carbonyl (C=O) groups is 1. The van der Waals surface area contributed by atoms with Crippen LogP contribution in [0.1, 0.15) is 25.5 Å². The Morgan fingerprint density at radius 2 is 2.04 bits per heavy atom. The Labute approximate surface area is 153 Å². The fourth-order valence-electron chi connectivity index (χ4n) is 2.57. The molecule has 2 heterocycles. The van der Waals surface area contributed by atoms with Gasteiger partial charge in [0.25, 0.3) is 5.89 Å². The van der Waals surface area contributed by atoms with Crippen molar-refractivity contribution in [2.45, 2.75) is 26.4 Å². The van der Waals surface area contributed by atoms with E-state index in [0.717, 1.165) is 10.2 Å². The van der Waals surface area contributed by atoms with Gasteiger partial charge in [0.1, 0.15) is 12.4 Å². The summed E-state index contributed by atoms with van der Waals surface area (Å²) in [5.74, 6) is -1.12. The van der Waals surface area contributed by atoms with Crippen LogP contribution < -0.4 is 11.1 Å². The van der Waals surface area contributed by atoms with Crippen molar-refractivity contribution in [3.8, 4) is 10.8 Å². The first kappa shape index (κ1) is 18.1. The lowest BCUT2D eigenvalue weighted by Gasteiger charge is -2.22. The van der Waals surface area contributed by atoms with Crippen LogP contribution in [-0.2, 0) is 11.3 Å². The first-order valence-electron chi connectivity index (χ1n) is 8.10. The summed E-state index contributed by atoms with van der Waals surface area (Å²) in [6, 6.07) is 9.28. The SMILES string of the molecule is CC(C)C(NC(=O)Cn1nc(-c2cccs2)oc1=O)c1ccc(F)cc1. The minimum atomic E-state index is -0.688. The van der Waals surface area contributed by atoms with E-state index in [-0.39, 0.29) is 36.1 Å². The zero-order chi connectivity index (χ0) is 18.7. The topological polar surface area (TPSA) is 77.1 Å². The van der Waals surface area contributed by atoms with Gasteiger partial charge in [-0.3, -0.25) is 4.79 Å². The molecule has 6 nitrogen and oxygen atoms in total. The standard InChI is InChI=1S/C18H18FN3O3S/c1-11(2)16(12-5-7-13(19)8-6-12)20-15(23)10-22-18(24)25-17(21-22)14-4-3-9-26-14/h3-9,11,16H,10H2,1-2H3,(H,20,23). The molecular weight excluding hydrogens is 357 g/mol. The van der Waals surface area contributed by atoms with E-state index in [1.165, 1.54) is 23.5 Å². The van der Waals surface area contributed by atoms with Gasteiger partial charge in [-0.25, -0.2) is 9.18 Å². The Morgan fingerprint density at radius 3 is 2.65 bits per heavy atom. The maximum atomic E-state index is 13.1. The molecule has 0 saturated carbocycles. The van der Waals surface area contributed by atoms with Crippen LogP contribution >= 0.6 is 11.3 Å². The summed E-state index contributed by atoms with van der Waals surface area (Å²) in [4.78, 5) is 25.0. The van der Waals surface area contributed by atoms with Gasteiger partial charge in [0.2, 0.25) is 5.91 Å². The molecule has 0 bridgehead atoms. The van der Waals surface area contributed by atoms with E-state index in [9.17, 15) is 14.0 Å². The lowest BCUT2D eigenvalue weighted by molar-refractivity contribution is -0.123. The van der Waals surface area contributed by atoms with Gasteiger partial charge >= 0.3 is 5.76 Å². The number of hydrogen-bond acceptors (Lipinski definition) is 5. The van der Waals surface area contributed by atoms with Gasteiger partial charge in [-0.2, -0.15) is 4.68 Å². The molecule has 1 aromatic carbocycles. The highest BCUT2D eigenvalue weighted by molar-refractivity contribution is 7.13. The maximum Gasteiger partial charge on any atom is 0.437 e. The van der Waals surface area contributed by atoms with Crippen LogP contribution in [0.5, 0.6) is 0 Å². The van der Waals surface area contributed by atoms with E-state index in [1.54, 1.807) is 18.2 Å². The van der Waals surface area contributed by atoms with Gasteiger partial charge in [0, 0.05) is 0 Å². The fraction of sp³-hybridized carbons (Fsp3) is 0.278. The summed E-state index contributed by atoms with van der Waals surface area (Å²) < 4.78 is 19.2. The maximum absolute atomic E-state index is 13.1. The van der Waals surface area contributed by atoms with E-state index in [1.807, 2.05) is 25.3 Å². The Kier molecular flexibility index (Phi) is 5.32. The van der Waals surface area contributed by atoms with E-state index in [4.69, 9.17) is 4.42 Å². The fourth-order valence-corrected chi connectivity index (χ4v) is 3.21. The highest BCUT2D eigenvalue weighted by Gasteiger charge is 2.20. The molecule has 2 aromatic heterocycles. The first-order chi connectivity index (χ1) is 12.4. The Bertz CT molecular complexity index is 930. The number of carbonyl (C=O) groups excluding carboxylic acids is 1. The molecule has 1 atom stereocenters. The molecule has 136 valence electrons. The van der Waals surface area contributed by atoms with Crippen molar-refractivity contribution in [2.75, 3.05) is 0 Å². The quantitative estimate of drug-likeness (QED) is 0.718. The number of hydrogen-bond donors (Lipinski definition) is 1. The molecule has 3 rings (SSSR count). The molecule has 0 saturated heterocycles. The molecule has 1 amide bonds. The molecule has 0 aliphatic carbocycles. The van der Waals surface area contributed by atoms with Gasteiger partial charge in [0.05, 0.1) is 10.9 Å².